The number of thiophene rings is 1. The van der Waals surface area contributed by atoms with Gasteiger partial charge in [0.05, 0.1) is 16.1 Å². The Morgan fingerprint density at radius 1 is 1.19 bits per heavy atom. The first-order chi connectivity index (χ1) is 12.4. The average molecular weight is 361 g/mol. The number of rotatable bonds is 4. The summed E-state index contributed by atoms with van der Waals surface area (Å²) >= 11 is 1.57. The van der Waals surface area contributed by atoms with Crippen LogP contribution in [0.25, 0.3) is 22.3 Å². The van der Waals surface area contributed by atoms with Crippen molar-refractivity contribution in [2.75, 3.05) is 0 Å². The third-order valence-electron chi connectivity index (χ3n) is 3.86. The van der Waals surface area contributed by atoms with Crippen LogP contribution in [0.15, 0.2) is 59.6 Å². The number of allylic oxidation sites excluding steroid dienone is 1. The highest BCUT2D eigenvalue weighted by Crippen LogP contribution is 2.30. The quantitative estimate of drug-likeness (QED) is 0.478. The topological polar surface area (TPSA) is 58.7 Å². The molecule has 0 bridgehead atoms. The smallest absolute Gasteiger partial charge is 0.178 e. The van der Waals surface area contributed by atoms with E-state index in [9.17, 15) is 10.1 Å². The van der Waals surface area contributed by atoms with Gasteiger partial charge in [0.15, 0.2) is 5.78 Å². The minimum absolute atomic E-state index is 0.142. The minimum atomic E-state index is -0.611. The molecule has 2 heterocycles. The van der Waals surface area contributed by atoms with E-state index in [1.54, 1.807) is 22.1 Å². The Balaban J connectivity index is 2.14. The standard InChI is InChI=1S/C21H19N3OS/c1-21(2,3)20(25)15(13-22)12-16-14-24(17-8-5-4-6-9-17)23-19(16)18-10-7-11-26-18/h4-12,14H,1-3H3/b15-12+. The van der Waals surface area contributed by atoms with Gasteiger partial charge in [-0.2, -0.15) is 10.4 Å². The number of hydrogen-bond donors (Lipinski definition) is 0. The second kappa shape index (κ2) is 7.11. The molecule has 0 aliphatic rings. The molecule has 0 fully saturated rings. The van der Waals surface area contributed by atoms with Crippen LogP contribution >= 0.6 is 11.3 Å². The lowest BCUT2D eigenvalue weighted by Crippen LogP contribution is -2.21. The van der Waals surface area contributed by atoms with E-state index < -0.39 is 5.41 Å². The number of Topliss-reactive ketones (excluding diaryl/α,β-unsaturated/α-hetero) is 1. The lowest BCUT2D eigenvalue weighted by atomic mass is 9.86. The molecular formula is C21H19N3OS. The second-order valence-electron chi connectivity index (χ2n) is 6.94. The number of carbonyl (C=O) groups excluding carboxylic acids is 1. The average Bonchev–Trinajstić information content (AvgIpc) is 3.28. The molecule has 0 unspecified atom stereocenters. The molecule has 130 valence electrons. The van der Waals surface area contributed by atoms with Crippen LogP contribution in [0, 0.1) is 16.7 Å². The molecule has 26 heavy (non-hydrogen) atoms. The molecule has 0 aliphatic carbocycles. The molecule has 0 radical (unpaired) electrons. The van der Waals surface area contributed by atoms with Crippen molar-refractivity contribution >= 4 is 23.2 Å². The van der Waals surface area contributed by atoms with Crippen LogP contribution in [-0.4, -0.2) is 15.6 Å². The maximum absolute atomic E-state index is 12.6. The van der Waals surface area contributed by atoms with Crippen LogP contribution in [0.1, 0.15) is 26.3 Å². The van der Waals surface area contributed by atoms with Gasteiger partial charge >= 0.3 is 0 Å². The van der Waals surface area contributed by atoms with Crippen LogP contribution < -0.4 is 0 Å². The predicted octanol–water partition coefficient (Wildman–Crippen LogP) is 5.12. The van der Waals surface area contributed by atoms with Crippen LogP contribution in [0.4, 0.5) is 0 Å². The highest BCUT2D eigenvalue weighted by atomic mass is 32.1. The first kappa shape index (κ1) is 17.8. The molecule has 0 spiro atoms. The number of nitriles is 1. The normalized spacial score (nSPS) is 12.0. The van der Waals surface area contributed by atoms with Gasteiger partial charge in [-0.25, -0.2) is 4.68 Å². The van der Waals surface area contributed by atoms with Crippen molar-refractivity contribution in [3.8, 4) is 22.3 Å². The molecule has 2 aromatic heterocycles. The molecule has 4 nitrogen and oxygen atoms in total. The Hall–Kier alpha value is -2.97. The lowest BCUT2D eigenvalue weighted by molar-refractivity contribution is -0.121. The molecule has 1 aromatic carbocycles. The van der Waals surface area contributed by atoms with Gasteiger partial charge in [0.2, 0.25) is 0 Å². The van der Waals surface area contributed by atoms with Crippen molar-refractivity contribution in [3.63, 3.8) is 0 Å². The van der Waals surface area contributed by atoms with E-state index in [1.807, 2.05) is 74.8 Å². The molecule has 3 aromatic rings. The molecule has 0 atom stereocenters. The van der Waals surface area contributed by atoms with E-state index in [4.69, 9.17) is 5.10 Å². The van der Waals surface area contributed by atoms with Crippen molar-refractivity contribution in [1.29, 1.82) is 5.26 Å². The number of para-hydroxylation sites is 1. The summed E-state index contributed by atoms with van der Waals surface area (Å²) in [4.78, 5) is 13.6. The second-order valence-corrected chi connectivity index (χ2v) is 7.89. The fourth-order valence-electron chi connectivity index (χ4n) is 2.52. The summed E-state index contributed by atoms with van der Waals surface area (Å²) in [5.41, 5.74) is 1.97. The Morgan fingerprint density at radius 2 is 1.92 bits per heavy atom. The zero-order valence-electron chi connectivity index (χ0n) is 14.9. The van der Waals surface area contributed by atoms with E-state index in [0.717, 1.165) is 21.8 Å². The summed E-state index contributed by atoms with van der Waals surface area (Å²) in [6.07, 6.45) is 3.51. The SMILES string of the molecule is CC(C)(C)C(=O)/C(C#N)=C/c1cn(-c2ccccc2)nc1-c1cccs1. The van der Waals surface area contributed by atoms with E-state index >= 15 is 0 Å². The molecule has 0 N–H and O–H groups in total. The van der Waals surface area contributed by atoms with Crippen LogP contribution in [0.5, 0.6) is 0 Å². The number of carbonyl (C=O) groups is 1. The van der Waals surface area contributed by atoms with Gasteiger partial charge in [-0.3, -0.25) is 4.79 Å². The Morgan fingerprint density at radius 3 is 2.50 bits per heavy atom. The van der Waals surface area contributed by atoms with E-state index in [0.29, 0.717) is 0 Å². The maximum Gasteiger partial charge on any atom is 0.178 e. The fourth-order valence-corrected chi connectivity index (χ4v) is 3.25. The molecule has 0 saturated carbocycles. The number of hydrogen-bond acceptors (Lipinski definition) is 4. The Bertz CT molecular complexity index is 984. The lowest BCUT2D eigenvalue weighted by Gasteiger charge is -2.15. The number of ketones is 1. The van der Waals surface area contributed by atoms with Gasteiger partial charge in [-0.15, -0.1) is 11.3 Å². The molecule has 0 saturated heterocycles. The van der Waals surface area contributed by atoms with Gasteiger partial charge in [-0.1, -0.05) is 45.0 Å². The summed E-state index contributed by atoms with van der Waals surface area (Å²) in [5, 5.41) is 16.2. The fraction of sp³-hybridized carbons (Fsp3) is 0.190. The monoisotopic (exact) mass is 361 g/mol. The molecule has 5 heteroatoms. The summed E-state index contributed by atoms with van der Waals surface area (Å²) in [7, 11) is 0. The molecular weight excluding hydrogens is 342 g/mol. The Kier molecular flexibility index (Phi) is 4.88. The first-order valence-electron chi connectivity index (χ1n) is 8.26. The summed E-state index contributed by atoms with van der Waals surface area (Å²) in [6, 6.07) is 15.8. The number of nitrogens with zero attached hydrogens (tertiary/aromatic N) is 3. The largest absolute Gasteiger partial charge is 0.293 e. The third kappa shape index (κ3) is 3.66. The van der Waals surface area contributed by atoms with Gasteiger partial charge in [0.25, 0.3) is 0 Å². The van der Waals surface area contributed by atoms with Gasteiger partial charge in [0, 0.05) is 17.2 Å². The summed E-state index contributed by atoms with van der Waals surface area (Å²) in [5.74, 6) is -0.176. The van der Waals surface area contributed by atoms with Crippen molar-refractivity contribution in [1.82, 2.24) is 9.78 Å². The van der Waals surface area contributed by atoms with E-state index in [-0.39, 0.29) is 11.4 Å². The number of aromatic nitrogens is 2. The predicted molar refractivity (Wildman–Crippen MR) is 105 cm³/mol. The number of benzene rings is 1. The van der Waals surface area contributed by atoms with Crippen molar-refractivity contribution in [2.45, 2.75) is 20.8 Å². The van der Waals surface area contributed by atoms with Gasteiger partial charge in [0.1, 0.15) is 11.8 Å². The van der Waals surface area contributed by atoms with Crippen LogP contribution in [0.2, 0.25) is 0 Å². The van der Waals surface area contributed by atoms with Crippen molar-refractivity contribution < 1.29 is 4.79 Å². The van der Waals surface area contributed by atoms with E-state index in [2.05, 4.69) is 6.07 Å². The van der Waals surface area contributed by atoms with Gasteiger partial charge in [-0.05, 0) is 29.7 Å². The first-order valence-corrected chi connectivity index (χ1v) is 9.13. The summed E-state index contributed by atoms with van der Waals surface area (Å²) in [6.45, 7) is 5.44. The molecule has 3 rings (SSSR count). The zero-order valence-corrected chi connectivity index (χ0v) is 15.7. The third-order valence-corrected chi connectivity index (χ3v) is 4.74. The minimum Gasteiger partial charge on any atom is -0.293 e. The highest BCUT2D eigenvalue weighted by molar-refractivity contribution is 7.13. The van der Waals surface area contributed by atoms with Crippen molar-refractivity contribution in [2.24, 2.45) is 5.41 Å². The maximum atomic E-state index is 12.6. The van der Waals surface area contributed by atoms with Crippen molar-refractivity contribution in [3.05, 3.63) is 65.2 Å². The van der Waals surface area contributed by atoms with Gasteiger partial charge < -0.3 is 0 Å². The Labute approximate surface area is 157 Å². The highest BCUT2D eigenvalue weighted by Gasteiger charge is 2.25. The van der Waals surface area contributed by atoms with E-state index in [1.165, 1.54) is 0 Å². The van der Waals surface area contributed by atoms with Crippen LogP contribution in [0.3, 0.4) is 0 Å². The summed E-state index contributed by atoms with van der Waals surface area (Å²) < 4.78 is 1.78. The zero-order chi connectivity index (χ0) is 18.7. The molecule has 0 aliphatic heterocycles. The van der Waals surface area contributed by atoms with Crippen LogP contribution in [-0.2, 0) is 4.79 Å². The molecule has 0 amide bonds.